The van der Waals surface area contributed by atoms with Gasteiger partial charge in [0, 0.05) is 50.5 Å². The Morgan fingerprint density at radius 2 is 1.69 bits per heavy atom. The van der Waals surface area contributed by atoms with Crippen LogP contribution in [0.3, 0.4) is 0 Å². The van der Waals surface area contributed by atoms with Crippen LogP contribution in [0, 0.1) is 0 Å². The summed E-state index contributed by atoms with van der Waals surface area (Å²) in [7, 11) is -1.61. The van der Waals surface area contributed by atoms with Crippen LogP contribution in [0.2, 0.25) is 0 Å². The van der Waals surface area contributed by atoms with Crippen LogP contribution in [0.25, 0.3) is 0 Å². The van der Waals surface area contributed by atoms with E-state index in [0.717, 1.165) is 37.1 Å². The second-order valence-electron chi connectivity index (χ2n) is 7.70. The van der Waals surface area contributed by atoms with Gasteiger partial charge in [-0.2, -0.15) is 22.1 Å². The summed E-state index contributed by atoms with van der Waals surface area (Å²) in [6.07, 6.45) is 3.32. The van der Waals surface area contributed by atoms with E-state index in [4.69, 9.17) is 0 Å². The highest BCUT2D eigenvalue weighted by molar-refractivity contribution is 7.86. The highest BCUT2D eigenvalue weighted by atomic mass is 32.2. The smallest absolute Gasteiger partial charge is 0.281 e. The molecule has 29 heavy (non-hydrogen) atoms. The lowest BCUT2D eigenvalue weighted by molar-refractivity contribution is 0.0988. The molecule has 0 atom stereocenters. The minimum absolute atomic E-state index is 0.173. The fourth-order valence-corrected chi connectivity index (χ4v) is 5.79. The van der Waals surface area contributed by atoms with Crippen molar-refractivity contribution >= 4 is 21.8 Å². The van der Waals surface area contributed by atoms with Crippen molar-refractivity contribution in [2.24, 2.45) is 0 Å². The number of nitrogens with zero attached hydrogens (tertiary/aromatic N) is 4. The van der Waals surface area contributed by atoms with Gasteiger partial charge in [-0.05, 0) is 43.9 Å². The van der Waals surface area contributed by atoms with Crippen LogP contribution in [-0.2, 0) is 10.2 Å². The number of piperidine rings is 1. The molecule has 9 heteroatoms. The first kappa shape index (κ1) is 20.1. The average Bonchev–Trinajstić information content (AvgIpc) is 3.46. The van der Waals surface area contributed by atoms with Gasteiger partial charge in [0.1, 0.15) is 0 Å². The van der Waals surface area contributed by atoms with E-state index in [1.54, 1.807) is 26.6 Å². The third-order valence-corrected chi connectivity index (χ3v) is 7.91. The summed E-state index contributed by atoms with van der Waals surface area (Å²) in [5.74, 6) is 0.00357. The second-order valence-corrected chi connectivity index (χ2v) is 9.62. The van der Waals surface area contributed by atoms with Crippen LogP contribution in [0.15, 0.2) is 36.4 Å². The van der Waals surface area contributed by atoms with E-state index in [2.05, 4.69) is 10.2 Å². The first-order chi connectivity index (χ1) is 14.0. The highest BCUT2D eigenvalue weighted by Crippen LogP contribution is 2.30. The van der Waals surface area contributed by atoms with Crippen LogP contribution < -0.4 is 4.90 Å². The molecular formula is C20H27N5O3S. The molecule has 0 saturated carbocycles. The standard InChI is InChI=1S/C20H27N5O3S/c1-23(17-7-3-2-4-8-17)20(26)19-15-18(21-22-19)16-9-13-25(14-10-16)29(27,28)24-11-5-6-12-24/h2-4,7-8,15-16H,5-6,9-14H2,1H3,(H,21,22). The van der Waals surface area contributed by atoms with Crippen LogP contribution in [0.4, 0.5) is 5.69 Å². The Bertz CT molecular complexity index is 946. The molecule has 0 unspecified atom stereocenters. The lowest BCUT2D eigenvalue weighted by Crippen LogP contribution is -2.45. The summed E-state index contributed by atoms with van der Waals surface area (Å²) < 4.78 is 28.6. The summed E-state index contributed by atoms with van der Waals surface area (Å²) in [4.78, 5) is 14.3. The number of aromatic nitrogens is 2. The van der Waals surface area contributed by atoms with E-state index >= 15 is 0 Å². The zero-order valence-corrected chi connectivity index (χ0v) is 17.4. The van der Waals surface area contributed by atoms with Crippen molar-refractivity contribution in [2.75, 3.05) is 38.1 Å². The second kappa shape index (κ2) is 8.25. The van der Waals surface area contributed by atoms with Crippen LogP contribution in [0.5, 0.6) is 0 Å². The molecule has 8 nitrogen and oxygen atoms in total. The molecule has 1 aromatic heterocycles. The Morgan fingerprint density at radius 1 is 1.07 bits per heavy atom. The van der Waals surface area contributed by atoms with Gasteiger partial charge < -0.3 is 4.90 Å². The predicted octanol–water partition coefficient (Wildman–Crippen LogP) is 2.21. The van der Waals surface area contributed by atoms with Gasteiger partial charge in [-0.1, -0.05) is 18.2 Å². The molecule has 1 aromatic carbocycles. The molecular weight excluding hydrogens is 390 g/mol. The summed E-state index contributed by atoms with van der Waals surface area (Å²) in [6, 6.07) is 11.2. The third kappa shape index (κ3) is 4.08. The molecule has 2 aliphatic heterocycles. The number of carbonyl (C=O) groups is 1. The highest BCUT2D eigenvalue weighted by Gasteiger charge is 2.35. The van der Waals surface area contributed by atoms with E-state index in [9.17, 15) is 13.2 Å². The van der Waals surface area contributed by atoms with Gasteiger partial charge in [0.2, 0.25) is 0 Å². The SMILES string of the molecule is CN(C(=O)c1cc(C2CCN(S(=O)(=O)N3CCCC3)CC2)[nH]n1)c1ccccc1. The molecule has 2 aliphatic rings. The Kier molecular flexibility index (Phi) is 5.71. The van der Waals surface area contributed by atoms with Crippen molar-refractivity contribution in [3.05, 3.63) is 47.8 Å². The molecule has 4 rings (SSSR count). The number of H-pyrrole nitrogens is 1. The van der Waals surface area contributed by atoms with Crippen LogP contribution in [-0.4, -0.2) is 66.4 Å². The van der Waals surface area contributed by atoms with E-state index in [0.29, 0.717) is 31.9 Å². The Morgan fingerprint density at radius 3 is 2.34 bits per heavy atom. The van der Waals surface area contributed by atoms with Crippen LogP contribution in [0.1, 0.15) is 47.8 Å². The third-order valence-electron chi connectivity index (χ3n) is 5.88. The summed E-state index contributed by atoms with van der Waals surface area (Å²) in [5.41, 5.74) is 2.08. The molecule has 3 heterocycles. The summed E-state index contributed by atoms with van der Waals surface area (Å²) in [6.45, 7) is 2.25. The number of hydrogen-bond donors (Lipinski definition) is 1. The molecule has 2 fully saturated rings. The largest absolute Gasteiger partial charge is 0.310 e. The van der Waals surface area contributed by atoms with E-state index in [1.165, 1.54) is 0 Å². The number of anilines is 1. The molecule has 2 aromatic rings. The zero-order valence-electron chi connectivity index (χ0n) is 16.6. The Labute approximate surface area is 171 Å². The first-order valence-electron chi connectivity index (χ1n) is 10.1. The van der Waals surface area contributed by atoms with Crippen molar-refractivity contribution < 1.29 is 13.2 Å². The van der Waals surface area contributed by atoms with E-state index in [-0.39, 0.29) is 11.8 Å². The normalized spacial score (nSPS) is 19.5. The number of carbonyl (C=O) groups excluding carboxylic acids is 1. The van der Waals surface area contributed by atoms with Crippen molar-refractivity contribution in [2.45, 2.75) is 31.6 Å². The van der Waals surface area contributed by atoms with Gasteiger partial charge in [0.05, 0.1) is 0 Å². The van der Waals surface area contributed by atoms with Gasteiger partial charge in [-0.15, -0.1) is 0 Å². The van der Waals surface area contributed by atoms with Gasteiger partial charge in [0.15, 0.2) is 5.69 Å². The Hall–Kier alpha value is -2.23. The lowest BCUT2D eigenvalue weighted by atomic mass is 9.94. The molecule has 1 amide bonds. The minimum Gasteiger partial charge on any atom is -0.310 e. The number of amides is 1. The number of para-hydroxylation sites is 1. The predicted molar refractivity (Wildman–Crippen MR) is 111 cm³/mol. The summed E-state index contributed by atoms with van der Waals surface area (Å²) >= 11 is 0. The molecule has 2 saturated heterocycles. The topological polar surface area (TPSA) is 89.6 Å². The molecule has 156 valence electrons. The maximum atomic E-state index is 12.7. The number of rotatable bonds is 5. The summed E-state index contributed by atoms with van der Waals surface area (Å²) in [5, 5.41) is 7.21. The molecule has 1 N–H and O–H groups in total. The molecule has 0 spiro atoms. The van der Waals surface area contributed by atoms with Crippen molar-refractivity contribution in [3.63, 3.8) is 0 Å². The van der Waals surface area contributed by atoms with Gasteiger partial charge >= 0.3 is 0 Å². The van der Waals surface area contributed by atoms with Crippen molar-refractivity contribution in [3.8, 4) is 0 Å². The fraction of sp³-hybridized carbons (Fsp3) is 0.500. The lowest BCUT2D eigenvalue weighted by Gasteiger charge is -2.33. The maximum Gasteiger partial charge on any atom is 0.281 e. The van der Waals surface area contributed by atoms with E-state index < -0.39 is 10.2 Å². The van der Waals surface area contributed by atoms with Gasteiger partial charge in [0.25, 0.3) is 16.1 Å². The Balaban J connectivity index is 1.39. The van der Waals surface area contributed by atoms with Gasteiger partial charge in [-0.25, -0.2) is 0 Å². The van der Waals surface area contributed by atoms with Crippen LogP contribution >= 0.6 is 0 Å². The number of aromatic amines is 1. The number of nitrogens with one attached hydrogen (secondary N) is 1. The fourth-order valence-electron chi connectivity index (χ4n) is 4.08. The molecule has 0 aliphatic carbocycles. The minimum atomic E-state index is -3.34. The quantitative estimate of drug-likeness (QED) is 0.808. The van der Waals surface area contributed by atoms with Gasteiger partial charge in [-0.3, -0.25) is 9.89 Å². The average molecular weight is 418 g/mol. The van der Waals surface area contributed by atoms with Crippen molar-refractivity contribution in [1.82, 2.24) is 18.8 Å². The van der Waals surface area contributed by atoms with E-state index in [1.807, 2.05) is 30.3 Å². The first-order valence-corrected chi connectivity index (χ1v) is 11.5. The monoisotopic (exact) mass is 417 g/mol. The molecule has 0 radical (unpaired) electrons. The number of benzene rings is 1. The zero-order chi connectivity index (χ0) is 20.4. The number of hydrogen-bond acceptors (Lipinski definition) is 4. The maximum absolute atomic E-state index is 12.7. The molecule has 0 bridgehead atoms. The van der Waals surface area contributed by atoms with Crippen molar-refractivity contribution in [1.29, 1.82) is 0 Å².